The molecule has 0 radical (unpaired) electrons. The van der Waals surface area contributed by atoms with Crippen LogP contribution in [-0.2, 0) is 24.3 Å². The monoisotopic (exact) mass is 473 g/mol. The van der Waals surface area contributed by atoms with Crippen LogP contribution in [-0.4, -0.2) is 39.5 Å². The van der Waals surface area contributed by atoms with Gasteiger partial charge in [-0.3, -0.25) is 14.0 Å². The number of fused-ring (bicyclic) bond motifs is 3. The molecule has 4 heterocycles. The zero-order valence-electron chi connectivity index (χ0n) is 18.2. The summed E-state index contributed by atoms with van der Waals surface area (Å²) in [6.07, 6.45) is 5.86. The van der Waals surface area contributed by atoms with Gasteiger partial charge in [0.2, 0.25) is 5.91 Å². The van der Waals surface area contributed by atoms with Gasteiger partial charge in [-0.2, -0.15) is 0 Å². The average Bonchev–Trinajstić information content (AvgIpc) is 3.50. The van der Waals surface area contributed by atoms with Crippen molar-refractivity contribution in [1.29, 1.82) is 0 Å². The molecule has 5 nitrogen and oxygen atoms in total. The number of hydrogen-bond acceptors (Lipinski definition) is 4. The zero-order valence-corrected chi connectivity index (χ0v) is 19.9. The number of aryl methyl sites for hydroxylation is 1. The molecule has 1 fully saturated rings. The van der Waals surface area contributed by atoms with Crippen LogP contribution >= 0.6 is 22.7 Å². The number of nitrogens with zero attached hydrogens (tertiary/aromatic N) is 2. The number of halogens is 1. The van der Waals surface area contributed by atoms with Crippen LogP contribution in [0.4, 0.5) is 4.39 Å². The number of alkyl halides is 1. The van der Waals surface area contributed by atoms with Gasteiger partial charge in [0, 0.05) is 22.2 Å². The number of rotatable bonds is 6. The first kappa shape index (κ1) is 21.6. The van der Waals surface area contributed by atoms with Gasteiger partial charge in [-0.1, -0.05) is 25.3 Å². The molecule has 170 valence electrons. The first-order chi connectivity index (χ1) is 15.5. The van der Waals surface area contributed by atoms with Crippen LogP contribution in [0.15, 0.2) is 29.6 Å². The minimum absolute atomic E-state index is 0.0824. The van der Waals surface area contributed by atoms with Crippen LogP contribution in [0, 0.1) is 0 Å². The molecule has 1 saturated carbocycles. The smallest absolute Gasteiger partial charge is 0.271 e. The van der Waals surface area contributed by atoms with Gasteiger partial charge in [0.05, 0.1) is 30.0 Å². The molecule has 0 spiro atoms. The van der Waals surface area contributed by atoms with Crippen molar-refractivity contribution in [3.63, 3.8) is 0 Å². The Kier molecular flexibility index (Phi) is 5.84. The molecular formula is C24H28FN3O2S2. The standard InChI is InChI=1S/C24H28FN3O2S2/c1-24(23(30)26-16-6-3-2-4-7-16)15-27-19-12-17(9-10-25)32-21(19)13-20(27)22(29)28(24)14-18-8-5-11-31-18/h5,8,11-13,16H,2-4,6-7,9-10,14-15H2,1H3,(H,26,30). The molecule has 1 atom stereocenters. The molecule has 0 aromatic carbocycles. The van der Waals surface area contributed by atoms with Gasteiger partial charge < -0.3 is 14.8 Å². The summed E-state index contributed by atoms with van der Waals surface area (Å²) in [5.74, 6) is -0.206. The van der Waals surface area contributed by atoms with Crippen molar-refractivity contribution in [3.05, 3.63) is 45.1 Å². The van der Waals surface area contributed by atoms with E-state index in [1.54, 1.807) is 16.2 Å². The molecule has 0 bridgehead atoms. The topological polar surface area (TPSA) is 54.3 Å². The molecule has 8 heteroatoms. The first-order valence-electron chi connectivity index (χ1n) is 11.3. The number of hydrogen-bond donors (Lipinski definition) is 1. The number of aromatic nitrogens is 1. The Balaban J connectivity index is 1.52. The fourth-order valence-corrected chi connectivity index (χ4v) is 6.77. The second-order valence-electron chi connectivity index (χ2n) is 9.07. The molecule has 3 aromatic heterocycles. The van der Waals surface area contributed by atoms with Gasteiger partial charge in [0.1, 0.15) is 11.2 Å². The highest BCUT2D eigenvalue weighted by atomic mass is 32.1. The summed E-state index contributed by atoms with van der Waals surface area (Å²) in [5.41, 5.74) is 0.534. The molecule has 5 rings (SSSR count). The van der Waals surface area contributed by atoms with Crippen LogP contribution in [0.3, 0.4) is 0 Å². The summed E-state index contributed by atoms with van der Waals surface area (Å²) < 4.78 is 15.8. The van der Waals surface area contributed by atoms with Gasteiger partial charge in [-0.25, -0.2) is 0 Å². The largest absolute Gasteiger partial charge is 0.351 e. The fourth-order valence-electron chi connectivity index (χ4n) is 5.00. The van der Waals surface area contributed by atoms with Gasteiger partial charge in [-0.15, -0.1) is 22.7 Å². The van der Waals surface area contributed by atoms with Crippen LogP contribution in [0.1, 0.15) is 59.3 Å². The summed E-state index contributed by atoms with van der Waals surface area (Å²) in [6, 6.07) is 8.04. The summed E-state index contributed by atoms with van der Waals surface area (Å²) in [6.45, 7) is 2.30. The van der Waals surface area contributed by atoms with E-state index in [2.05, 4.69) is 5.32 Å². The Bertz CT molecular complexity index is 1130. The summed E-state index contributed by atoms with van der Waals surface area (Å²) in [4.78, 5) is 31.2. The normalized spacial score (nSPS) is 21.8. The highest BCUT2D eigenvalue weighted by Gasteiger charge is 2.48. The number of amides is 2. The van der Waals surface area contributed by atoms with Gasteiger partial charge >= 0.3 is 0 Å². The summed E-state index contributed by atoms with van der Waals surface area (Å²) >= 11 is 3.13. The third-order valence-corrected chi connectivity index (χ3v) is 8.82. The Morgan fingerprint density at radius 1 is 1.25 bits per heavy atom. The van der Waals surface area contributed by atoms with E-state index in [9.17, 15) is 14.0 Å². The fraction of sp³-hybridized carbons (Fsp3) is 0.500. The van der Waals surface area contributed by atoms with E-state index in [1.807, 2.05) is 41.1 Å². The maximum atomic E-state index is 13.7. The predicted molar refractivity (Wildman–Crippen MR) is 127 cm³/mol. The van der Waals surface area contributed by atoms with Gasteiger partial charge in [-0.05, 0) is 43.3 Å². The molecule has 1 unspecified atom stereocenters. The molecule has 32 heavy (non-hydrogen) atoms. The number of carbonyl (C=O) groups is 2. The molecule has 1 N–H and O–H groups in total. The van der Waals surface area contributed by atoms with Crippen molar-refractivity contribution in [2.45, 2.75) is 70.1 Å². The molecule has 2 aliphatic rings. The molecule has 3 aromatic rings. The van der Waals surface area contributed by atoms with Crippen molar-refractivity contribution in [3.8, 4) is 0 Å². The Morgan fingerprint density at radius 2 is 2.06 bits per heavy atom. The van der Waals surface area contributed by atoms with Crippen molar-refractivity contribution < 1.29 is 14.0 Å². The molecule has 0 saturated heterocycles. The number of carbonyl (C=O) groups excluding carboxylic acids is 2. The maximum Gasteiger partial charge on any atom is 0.271 e. The zero-order chi connectivity index (χ0) is 22.3. The van der Waals surface area contributed by atoms with Crippen molar-refractivity contribution in [2.75, 3.05) is 6.67 Å². The highest BCUT2D eigenvalue weighted by Crippen LogP contribution is 2.37. The summed E-state index contributed by atoms with van der Waals surface area (Å²) in [5, 5.41) is 5.26. The van der Waals surface area contributed by atoms with E-state index in [1.165, 1.54) is 17.8 Å². The summed E-state index contributed by atoms with van der Waals surface area (Å²) in [7, 11) is 0. The van der Waals surface area contributed by atoms with E-state index in [-0.39, 0.29) is 17.9 Å². The average molecular weight is 474 g/mol. The van der Waals surface area contributed by atoms with Crippen molar-refractivity contribution in [1.82, 2.24) is 14.8 Å². The van der Waals surface area contributed by atoms with E-state index in [0.29, 0.717) is 25.2 Å². The Hall–Kier alpha value is -2.19. The van der Waals surface area contributed by atoms with Crippen LogP contribution in [0.5, 0.6) is 0 Å². The lowest BCUT2D eigenvalue weighted by Gasteiger charge is -2.44. The molecule has 1 aliphatic carbocycles. The number of nitrogens with one attached hydrogen (secondary N) is 1. The van der Waals surface area contributed by atoms with E-state index in [4.69, 9.17) is 0 Å². The minimum Gasteiger partial charge on any atom is -0.351 e. The van der Waals surface area contributed by atoms with E-state index >= 15 is 0 Å². The Morgan fingerprint density at radius 3 is 2.78 bits per heavy atom. The highest BCUT2D eigenvalue weighted by molar-refractivity contribution is 7.19. The second kappa shape index (κ2) is 8.63. The molecular weight excluding hydrogens is 445 g/mol. The maximum absolute atomic E-state index is 13.7. The quantitative estimate of drug-likeness (QED) is 0.539. The predicted octanol–water partition coefficient (Wildman–Crippen LogP) is 5.14. The lowest BCUT2D eigenvalue weighted by Crippen LogP contribution is -2.64. The van der Waals surface area contributed by atoms with Gasteiger partial charge in [0.25, 0.3) is 5.91 Å². The second-order valence-corrected chi connectivity index (χ2v) is 11.3. The third kappa shape index (κ3) is 3.77. The first-order valence-corrected chi connectivity index (χ1v) is 13.0. The number of thiophene rings is 2. The molecule has 2 amide bonds. The lowest BCUT2D eigenvalue weighted by molar-refractivity contribution is -0.134. The van der Waals surface area contributed by atoms with Crippen LogP contribution in [0.2, 0.25) is 0 Å². The Labute approximate surface area is 195 Å². The van der Waals surface area contributed by atoms with Crippen LogP contribution < -0.4 is 5.32 Å². The van der Waals surface area contributed by atoms with Crippen LogP contribution in [0.25, 0.3) is 10.2 Å². The lowest BCUT2D eigenvalue weighted by atomic mass is 9.91. The third-order valence-electron chi connectivity index (χ3n) is 6.83. The van der Waals surface area contributed by atoms with E-state index < -0.39 is 12.2 Å². The minimum atomic E-state index is -1.00. The van der Waals surface area contributed by atoms with E-state index in [0.717, 1.165) is 45.7 Å². The van der Waals surface area contributed by atoms with Crippen molar-refractivity contribution >= 4 is 44.7 Å². The van der Waals surface area contributed by atoms with Crippen molar-refractivity contribution in [2.24, 2.45) is 0 Å². The SMILES string of the molecule is CC1(C(=O)NC2CCCCC2)Cn2c(cc3sc(CCF)cc32)C(=O)N1Cc1cccs1. The van der Waals surface area contributed by atoms with Gasteiger partial charge in [0.15, 0.2) is 0 Å². The molecule has 1 aliphatic heterocycles.